The zero-order valence-electron chi connectivity index (χ0n) is 10.1. The molecule has 5 nitrogen and oxygen atoms in total. The molecule has 0 aromatic rings. The highest BCUT2D eigenvalue weighted by molar-refractivity contribution is 5.87. The molecule has 0 bridgehead atoms. The van der Waals surface area contributed by atoms with Crippen LogP contribution in [0.15, 0.2) is 12.7 Å². The van der Waals surface area contributed by atoms with E-state index in [4.69, 9.17) is 5.11 Å². The van der Waals surface area contributed by atoms with Crippen molar-refractivity contribution in [3.8, 4) is 0 Å². The van der Waals surface area contributed by atoms with Crippen LogP contribution in [0, 0.1) is 0 Å². The molecule has 0 aliphatic heterocycles. The molecular formula is C11H20N2O3. The molecule has 92 valence electrons. The van der Waals surface area contributed by atoms with Crippen molar-refractivity contribution in [3.63, 3.8) is 0 Å². The Hall–Kier alpha value is -1.36. The maximum absolute atomic E-state index is 11.8. The van der Waals surface area contributed by atoms with Crippen LogP contribution in [0.5, 0.6) is 0 Å². The molecular weight excluding hydrogens is 208 g/mol. The molecule has 0 heterocycles. The molecule has 0 unspecified atom stereocenters. The number of rotatable bonds is 7. The van der Waals surface area contributed by atoms with Crippen LogP contribution in [0.2, 0.25) is 0 Å². The van der Waals surface area contributed by atoms with Crippen LogP contribution in [-0.4, -0.2) is 47.1 Å². The van der Waals surface area contributed by atoms with Crippen LogP contribution in [0.1, 0.15) is 20.8 Å². The van der Waals surface area contributed by atoms with Crippen molar-refractivity contribution in [2.24, 2.45) is 0 Å². The van der Waals surface area contributed by atoms with Crippen LogP contribution >= 0.6 is 0 Å². The van der Waals surface area contributed by atoms with Crippen LogP contribution in [0.4, 0.5) is 0 Å². The van der Waals surface area contributed by atoms with Crippen molar-refractivity contribution < 1.29 is 14.7 Å². The van der Waals surface area contributed by atoms with Crippen LogP contribution in [0.25, 0.3) is 0 Å². The third-order valence-corrected chi connectivity index (χ3v) is 2.38. The fraction of sp³-hybridized carbons (Fsp3) is 0.636. The van der Waals surface area contributed by atoms with E-state index in [-0.39, 0.29) is 12.5 Å². The van der Waals surface area contributed by atoms with Crippen molar-refractivity contribution >= 4 is 11.9 Å². The molecule has 0 spiro atoms. The van der Waals surface area contributed by atoms with Gasteiger partial charge in [0.2, 0.25) is 5.91 Å². The molecule has 0 atom stereocenters. The molecule has 0 aliphatic carbocycles. The molecule has 0 aromatic carbocycles. The highest BCUT2D eigenvalue weighted by atomic mass is 16.4. The predicted octanol–water partition coefficient (Wildman–Crippen LogP) is 0.474. The molecule has 0 aromatic heterocycles. The molecule has 0 fully saturated rings. The summed E-state index contributed by atoms with van der Waals surface area (Å²) < 4.78 is 0. The number of carboxylic acids is 1. The van der Waals surface area contributed by atoms with Crippen molar-refractivity contribution in [1.82, 2.24) is 10.2 Å². The van der Waals surface area contributed by atoms with Gasteiger partial charge in [0.1, 0.15) is 5.54 Å². The van der Waals surface area contributed by atoms with Gasteiger partial charge in [-0.3, -0.25) is 4.79 Å². The largest absolute Gasteiger partial charge is 0.480 e. The molecule has 0 saturated carbocycles. The second-order valence-corrected chi connectivity index (χ2v) is 3.92. The van der Waals surface area contributed by atoms with Gasteiger partial charge in [-0.05, 0) is 20.8 Å². The summed E-state index contributed by atoms with van der Waals surface area (Å²) in [6.07, 6.45) is 1.64. The summed E-state index contributed by atoms with van der Waals surface area (Å²) >= 11 is 0. The number of hydrogen-bond acceptors (Lipinski definition) is 3. The second-order valence-electron chi connectivity index (χ2n) is 3.92. The molecule has 0 radical (unpaired) electrons. The Bertz CT molecular complexity index is 274. The summed E-state index contributed by atoms with van der Waals surface area (Å²) in [6, 6.07) is 0. The Morgan fingerprint density at radius 1 is 1.50 bits per heavy atom. The lowest BCUT2D eigenvalue weighted by molar-refractivity contribution is -0.156. The van der Waals surface area contributed by atoms with E-state index >= 15 is 0 Å². The quantitative estimate of drug-likeness (QED) is 0.491. The summed E-state index contributed by atoms with van der Waals surface area (Å²) in [5.41, 5.74) is -1.18. The Balaban J connectivity index is 4.54. The smallest absolute Gasteiger partial charge is 0.329 e. The number of carboxylic acid groups (broad SMARTS) is 1. The average molecular weight is 228 g/mol. The van der Waals surface area contributed by atoms with Gasteiger partial charge >= 0.3 is 5.97 Å². The van der Waals surface area contributed by atoms with Crippen LogP contribution < -0.4 is 5.32 Å². The number of amides is 1. The Labute approximate surface area is 96.1 Å². The van der Waals surface area contributed by atoms with Crippen molar-refractivity contribution in [1.29, 1.82) is 0 Å². The zero-order chi connectivity index (χ0) is 12.8. The maximum atomic E-state index is 11.8. The molecule has 0 aliphatic rings. The lowest BCUT2D eigenvalue weighted by Crippen LogP contribution is -2.55. The summed E-state index contributed by atoms with van der Waals surface area (Å²) in [5.74, 6) is -1.23. The fourth-order valence-corrected chi connectivity index (χ4v) is 1.38. The van der Waals surface area contributed by atoms with E-state index < -0.39 is 11.5 Å². The third kappa shape index (κ3) is 3.66. The van der Waals surface area contributed by atoms with E-state index in [0.717, 1.165) is 0 Å². The molecule has 2 N–H and O–H groups in total. The van der Waals surface area contributed by atoms with Crippen LogP contribution in [0.3, 0.4) is 0 Å². The van der Waals surface area contributed by atoms with Crippen molar-refractivity contribution in [3.05, 3.63) is 12.7 Å². The number of likely N-dealkylation sites (N-methyl/N-ethyl adjacent to an activating group) is 1. The van der Waals surface area contributed by atoms with E-state index in [1.165, 1.54) is 18.7 Å². The number of nitrogens with zero attached hydrogens (tertiary/aromatic N) is 1. The minimum absolute atomic E-state index is 0.122. The molecule has 0 rings (SSSR count). The van der Waals surface area contributed by atoms with Crippen molar-refractivity contribution in [2.75, 3.05) is 19.6 Å². The minimum Gasteiger partial charge on any atom is -0.480 e. The fourth-order valence-electron chi connectivity index (χ4n) is 1.38. The van der Waals surface area contributed by atoms with Gasteiger partial charge in [0, 0.05) is 13.1 Å². The number of hydrogen-bond donors (Lipinski definition) is 2. The molecule has 5 heteroatoms. The Morgan fingerprint density at radius 3 is 2.44 bits per heavy atom. The number of aliphatic carboxylic acids is 1. The lowest BCUT2D eigenvalue weighted by Gasteiger charge is -2.34. The normalized spacial score (nSPS) is 10.9. The monoisotopic (exact) mass is 228 g/mol. The summed E-state index contributed by atoms with van der Waals surface area (Å²) in [5, 5.41) is 11.9. The highest BCUT2D eigenvalue weighted by Crippen LogP contribution is 2.14. The maximum Gasteiger partial charge on any atom is 0.329 e. The molecule has 1 amide bonds. The van der Waals surface area contributed by atoms with Gasteiger partial charge in [-0.15, -0.1) is 6.58 Å². The SMILES string of the molecule is C=CCNCC(=O)N(CC)C(C)(C)C(=O)O. The highest BCUT2D eigenvalue weighted by Gasteiger charge is 2.36. The second kappa shape index (κ2) is 6.27. The molecule has 0 saturated heterocycles. The first-order valence-electron chi connectivity index (χ1n) is 5.23. The number of carbonyl (C=O) groups excluding carboxylic acids is 1. The van der Waals surface area contributed by atoms with Gasteiger partial charge in [0.15, 0.2) is 0 Å². The predicted molar refractivity (Wildman–Crippen MR) is 62.2 cm³/mol. The van der Waals surface area contributed by atoms with Gasteiger partial charge < -0.3 is 15.3 Å². The Morgan fingerprint density at radius 2 is 2.06 bits per heavy atom. The first-order chi connectivity index (χ1) is 7.37. The van der Waals surface area contributed by atoms with E-state index in [1.807, 2.05) is 0 Å². The van der Waals surface area contributed by atoms with Crippen LogP contribution in [-0.2, 0) is 9.59 Å². The first-order valence-corrected chi connectivity index (χ1v) is 5.23. The van der Waals surface area contributed by atoms with E-state index in [1.54, 1.807) is 13.0 Å². The van der Waals surface area contributed by atoms with E-state index in [0.29, 0.717) is 13.1 Å². The van der Waals surface area contributed by atoms with Gasteiger partial charge in [-0.2, -0.15) is 0 Å². The van der Waals surface area contributed by atoms with Crippen molar-refractivity contribution in [2.45, 2.75) is 26.3 Å². The lowest BCUT2D eigenvalue weighted by atomic mass is 10.0. The Kier molecular flexibility index (Phi) is 5.74. The third-order valence-electron chi connectivity index (χ3n) is 2.38. The standard InChI is InChI=1S/C11H20N2O3/c1-5-7-12-8-9(14)13(6-2)11(3,4)10(15)16/h5,12H,1,6-8H2,2-4H3,(H,15,16). The van der Waals surface area contributed by atoms with Gasteiger partial charge in [0.25, 0.3) is 0 Å². The zero-order valence-corrected chi connectivity index (χ0v) is 10.1. The average Bonchev–Trinajstić information content (AvgIpc) is 2.18. The minimum atomic E-state index is -1.18. The topological polar surface area (TPSA) is 69.6 Å². The molecule has 16 heavy (non-hydrogen) atoms. The first kappa shape index (κ1) is 14.6. The van der Waals surface area contributed by atoms with E-state index in [2.05, 4.69) is 11.9 Å². The summed E-state index contributed by atoms with van der Waals surface area (Å²) in [6.45, 7) is 9.33. The number of carbonyl (C=O) groups is 2. The number of nitrogens with one attached hydrogen (secondary N) is 1. The van der Waals surface area contributed by atoms with E-state index in [9.17, 15) is 9.59 Å². The van der Waals surface area contributed by atoms with Gasteiger partial charge in [0.05, 0.1) is 6.54 Å². The summed E-state index contributed by atoms with van der Waals surface area (Å²) in [4.78, 5) is 24.1. The summed E-state index contributed by atoms with van der Waals surface area (Å²) in [7, 11) is 0. The van der Waals surface area contributed by atoms with Gasteiger partial charge in [-0.1, -0.05) is 6.08 Å². The van der Waals surface area contributed by atoms with Gasteiger partial charge in [-0.25, -0.2) is 4.79 Å².